The summed E-state index contributed by atoms with van der Waals surface area (Å²) in [4.78, 5) is 0. The molecule has 0 spiro atoms. The molecule has 0 heterocycles. The highest BCUT2D eigenvalue weighted by Gasteiger charge is 2.27. The summed E-state index contributed by atoms with van der Waals surface area (Å²) in [6.45, 7) is 2.15. The third kappa shape index (κ3) is 3.39. The fourth-order valence-corrected chi connectivity index (χ4v) is 3.20. The van der Waals surface area contributed by atoms with E-state index in [0.717, 1.165) is 18.4 Å². The lowest BCUT2D eigenvalue weighted by molar-refractivity contribution is 0.0873. The molecule has 112 valence electrons. The summed E-state index contributed by atoms with van der Waals surface area (Å²) in [6, 6.07) is 3.52. The van der Waals surface area contributed by atoms with Crippen LogP contribution < -0.4 is 9.47 Å². The van der Waals surface area contributed by atoms with E-state index in [1.807, 2.05) is 0 Å². The molecule has 3 nitrogen and oxygen atoms in total. The zero-order chi connectivity index (χ0) is 14.5. The van der Waals surface area contributed by atoms with Gasteiger partial charge in [-0.2, -0.15) is 0 Å². The van der Waals surface area contributed by atoms with Crippen molar-refractivity contribution in [2.75, 3.05) is 7.11 Å². The molecule has 2 rings (SSSR count). The summed E-state index contributed by atoms with van der Waals surface area (Å²) < 4.78 is 11.5. The van der Waals surface area contributed by atoms with Gasteiger partial charge in [-0.3, -0.25) is 0 Å². The lowest BCUT2D eigenvalue weighted by atomic mass is 9.85. The molecule has 1 aliphatic rings. The predicted octanol–water partition coefficient (Wildman–Crippen LogP) is 4.19. The van der Waals surface area contributed by atoms with Crippen molar-refractivity contribution >= 4 is 11.6 Å². The molecule has 1 aliphatic carbocycles. The van der Waals surface area contributed by atoms with Crippen molar-refractivity contribution in [3.63, 3.8) is 0 Å². The van der Waals surface area contributed by atoms with Gasteiger partial charge in [-0.25, -0.2) is 0 Å². The number of rotatable bonds is 5. The first-order valence-corrected chi connectivity index (χ1v) is 7.71. The molecule has 1 aromatic carbocycles. The number of halogens is 1. The zero-order valence-corrected chi connectivity index (χ0v) is 12.9. The van der Waals surface area contributed by atoms with E-state index in [0.29, 0.717) is 22.4 Å². The van der Waals surface area contributed by atoms with Crippen molar-refractivity contribution in [2.24, 2.45) is 5.92 Å². The van der Waals surface area contributed by atoms with Gasteiger partial charge in [-0.1, -0.05) is 24.9 Å². The Morgan fingerprint density at radius 1 is 1.30 bits per heavy atom. The lowest BCUT2D eigenvalue weighted by Crippen LogP contribution is -2.30. The molecule has 1 N–H and O–H groups in total. The second-order valence-electron chi connectivity index (χ2n) is 5.38. The van der Waals surface area contributed by atoms with Gasteiger partial charge in [-0.15, -0.1) is 0 Å². The van der Waals surface area contributed by atoms with E-state index in [1.165, 1.54) is 19.3 Å². The van der Waals surface area contributed by atoms with Crippen LogP contribution >= 0.6 is 11.6 Å². The summed E-state index contributed by atoms with van der Waals surface area (Å²) in [7, 11) is 1.60. The molecule has 0 bridgehead atoms. The molecule has 0 amide bonds. The van der Waals surface area contributed by atoms with E-state index in [9.17, 15) is 5.11 Å². The normalized spacial score (nSPS) is 22.6. The fourth-order valence-electron chi connectivity index (χ4n) is 2.93. The van der Waals surface area contributed by atoms with E-state index in [2.05, 4.69) is 6.92 Å². The molecule has 1 fully saturated rings. The molecule has 2 atom stereocenters. The highest BCUT2D eigenvalue weighted by molar-refractivity contribution is 6.32. The summed E-state index contributed by atoms with van der Waals surface area (Å²) in [6.07, 6.45) is 6.11. The van der Waals surface area contributed by atoms with Crippen LogP contribution in [0.2, 0.25) is 5.02 Å². The van der Waals surface area contributed by atoms with Crippen LogP contribution in [0.25, 0.3) is 0 Å². The molecule has 2 unspecified atom stereocenters. The second-order valence-corrected chi connectivity index (χ2v) is 5.78. The van der Waals surface area contributed by atoms with Gasteiger partial charge in [0.05, 0.1) is 18.7 Å². The Morgan fingerprint density at radius 3 is 2.70 bits per heavy atom. The van der Waals surface area contributed by atoms with Crippen LogP contribution in [0.1, 0.15) is 44.6 Å². The van der Waals surface area contributed by atoms with Crippen LogP contribution in [0.15, 0.2) is 12.1 Å². The first-order valence-electron chi connectivity index (χ1n) is 7.33. The molecular weight excluding hydrogens is 276 g/mol. The van der Waals surface area contributed by atoms with Crippen LogP contribution in [0.3, 0.4) is 0 Å². The number of aliphatic hydroxyl groups is 1. The van der Waals surface area contributed by atoms with E-state index >= 15 is 0 Å². The standard InChI is InChI=1S/C16H23ClO3/c1-3-12-6-4-5-7-14(12)20-16-13(17)8-11(10-18)9-15(16)19-2/h8-9,12,14,18H,3-7,10H2,1-2H3. The number of methoxy groups -OCH3 is 1. The van der Waals surface area contributed by atoms with E-state index < -0.39 is 0 Å². The Labute approximate surface area is 125 Å². The average molecular weight is 299 g/mol. The van der Waals surface area contributed by atoms with Gasteiger partial charge < -0.3 is 14.6 Å². The van der Waals surface area contributed by atoms with Crippen molar-refractivity contribution < 1.29 is 14.6 Å². The van der Waals surface area contributed by atoms with Crippen LogP contribution in [-0.4, -0.2) is 18.3 Å². The Morgan fingerprint density at radius 2 is 2.05 bits per heavy atom. The smallest absolute Gasteiger partial charge is 0.180 e. The maximum absolute atomic E-state index is 9.22. The van der Waals surface area contributed by atoms with Gasteiger partial charge in [0.2, 0.25) is 0 Å². The largest absolute Gasteiger partial charge is 0.493 e. The molecule has 0 aliphatic heterocycles. The van der Waals surface area contributed by atoms with Gasteiger partial charge in [0.1, 0.15) is 6.10 Å². The van der Waals surface area contributed by atoms with Crippen molar-refractivity contribution in [1.29, 1.82) is 0 Å². The SMILES string of the molecule is CCC1CCCCC1Oc1c(Cl)cc(CO)cc1OC. The minimum absolute atomic E-state index is 0.0582. The quantitative estimate of drug-likeness (QED) is 0.886. The Hall–Kier alpha value is -0.930. The van der Waals surface area contributed by atoms with Gasteiger partial charge in [0.15, 0.2) is 11.5 Å². The Bertz CT molecular complexity index is 448. The van der Waals surface area contributed by atoms with Crippen molar-refractivity contribution in [2.45, 2.75) is 51.7 Å². The third-order valence-electron chi connectivity index (χ3n) is 4.10. The molecule has 0 radical (unpaired) electrons. The topological polar surface area (TPSA) is 38.7 Å². The van der Waals surface area contributed by atoms with Crippen LogP contribution in [0.5, 0.6) is 11.5 Å². The van der Waals surface area contributed by atoms with E-state index in [1.54, 1.807) is 19.2 Å². The number of hydrogen-bond donors (Lipinski definition) is 1. The Kier molecular flexibility index (Phi) is 5.55. The van der Waals surface area contributed by atoms with Gasteiger partial charge in [0.25, 0.3) is 0 Å². The number of ether oxygens (including phenoxy) is 2. The maximum Gasteiger partial charge on any atom is 0.180 e. The molecule has 1 aromatic rings. The zero-order valence-electron chi connectivity index (χ0n) is 12.2. The number of aliphatic hydroxyl groups excluding tert-OH is 1. The van der Waals surface area contributed by atoms with Crippen molar-refractivity contribution in [3.05, 3.63) is 22.7 Å². The third-order valence-corrected chi connectivity index (χ3v) is 4.39. The molecule has 4 heteroatoms. The molecule has 0 saturated heterocycles. The second kappa shape index (κ2) is 7.19. The van der Waals surface area contributed by atoms with Crippen LogP contribution in [0, 0.1) is 5.92 Å². The highest BCUT2D eigenvalue weighted by Crippen LogP contribution is 2.40. The van der Waals surface area contributed by atoms with E-state index in [-0.39, 0.29) is 12.7 Å². The highest BCUT2D eigenvalue weighted by atomic mass is 35.5. The summed E-state index contributed by atoms with van der Waals surface area (Å²) in [5.41, 5.74) is 0.731. The van der Waals surface area contributed by atoms with Gasteiger partial charge in [0, 0.05) is 0 Å². The monoisotopic (exact) mass is 298 g/mol. The first-order chi connectivity index (χ1) is 9.69. The van der Waals surface area contributed by atoms with Gasteiger partial charge in [-0.05, 0) is 49.3 Å². The fraction of sp³-hybridized carbons (Fsp3) is 0.625. The summed E-state index contributed by atoms with van der Waals surface area (Å²) in [5.74, 6) is 1.79. The minimum atomic E-state index is -0.0582. The predicted molar refractivity (Wildman–Crippen MR) is 80.6 cm³/mol. The van der Waals surface area contributed by atoms with Gasteiger partial charge >= 0.3 is 0 Å². The number of hydrogen-bond acceptors (Lipinski definition) is 3. The summed E-state index contributed by atoms with van der Waals surface area (Å²) >= 11 is 6.29. The molecule has 0 aromatic heterocycles. The average Bonchev–Trinajstić information content (AvgIpc) is 2.49. The number of benzene rings is 1. The molecular formula is C16H23ClO3. The van der Waals surface area contributed by atoms with Crippen LogP contribution in [0.4, 0.5) is 0 Å². The van der Waals surface area contributed by atoms with Crippen LogP contribution in [-0.2, 0) is 6.61 Å². The Balaban J connectivity index is 2.23. The molecule has 1 saturated carbocycles. The molecule has 20 heavy (non-hydrogen) atoms. The van der Waals surface area contributed by atoms with Crippen molar-refractivity contribution in [3.8, 4) is 11.5 Å². The maximum atomic E-state index is 9.22. The van der Waals surface area contributed by atoms with Crippen molar-refractivity contribution in [1.82, 2.24) is 0 Å². The minimum Gasteiger partial charge on any atom is -0.493 e. The lowest BCUT2D eigenvalue weighted by Gasteiger charge is -2.32. The first kappa shape index (κ1) is 15.5. The summed E-state index contributed by atoms with van der Waals surface area (Å²) in [5, 5.41) is 9.73. The van der Waals surface area contributed by atoms with E-state index in [4.69, 9.17) is 21.1 Å².